The second-order valence-electron chi connectivity index (χ2n) is 4.26. The number of nitrogens with zero attached hydrogens (tertiary/aromatic N) is 1. The lowest BCUT2D eigenvalue weighted by Crippen LogP contribution is -2.33. The number of rotatable bonds is 1. The molecule has 1 aliphatic heterocycles. The Hall–Kier alpha value is -0.250. The molecule has 1 nitrogen and oxygen atoms in total. The van der Waals surface area contributed by atoms with E-state index in [9.17, 15) is 13.2 Å². The summed E-state index contributed by atoms with van der Waals surface area (Å²) in [6, 6.07) is 0. The number of hydrogen-bond donors (Lipinski definition) is 0. The fraction of sp³-hybridized carbons (Fsp3) is 1.00. The molecule has 0 radical (unpaired) electrons. The van der Waals surface area contributed by atoms with Gasteiger partial charge in [0.2, 0.25) is 0 Å². The number of alkyl halides is 3. The number of halogens is 3. The van der Waals surface area contributed by atoms with Crippen LogP contribution in [-0.2, 0) is 0 Å². The molecule has 1 saturated heterocycles. The van der Waals surface area contributed by atoms with Gasteiger partial charge in [0.1, 0.15) is 0 Å². The van der Waals surface area contributed by atoms with E-state index in [1.54, 1.807) is 4.90 Å². The van der Waals surface area contributed by atoms with Crippen LogP contribution in [0.4, 0.5) is 13.2 Å². The summed E-state index contributed by atoms with van der Waals surface area (Å²) < 4.78 is 36.1. The summed E-state index contributed by atoms with van der Waals surface area (Å²) in [6.45, 7) is 0.633. The van der Waals surface area contributed by atoms with E-state index in [-0.39, 0.29) is 0 Å². The average molecular weight is 193 g/mol. The van der Waals surface area contributed by atoms with E-state index >= 15 is 0 Å². The van der Waals surface area contributed by atoms with Gasteiger partial charge in [-0.3, -0.25) is 4.90 Å². The van der Waals surface area contributed by atoms with E-state index in [1.165, 1.54) is 6.42 Å². The Labute approximate surface area is 75.9 Å². The molecule has 2 rings (SSSR count). The zero-order valence-corrected chi connectivity index (χ0v) is 7.48. The van der Waals surface area contributed by atoms with Crippen molar-refractivity contribution in [2.75, 3.05) is 19.6 Å². The van der Waals surface area contributed by atoms with Crippen LogP contribution in [0.15, 0.2) is 0 Å². The Balaban J connectivity index is 1.85. The second kappa shape index (κ2) is 3.15. The zero-order chi connectivity index (χ0) is 9.47. The summed E-state index contributed by atoms with van der Waals surface area (Å²) in [7, 11) is 0. The summed E-state index contributed by atoms with van der Waals surface area (Å²) in [5.74, 6) is 1.12. The van der Waals surface area contributed by atoms with Crippen molar-refractivity contribution in [1.29, 1.82) is 0 Å². The van der Waals surface area contributed by atoms with Crippen molar-refractivity contribution in [2.24, 2.45) is 11.8 Å². The number of hydrogen-bond acceptors (Lipinski definition) is 1. The van der Waals surface area contributed by atoms with Crippen LogP contribution in [0.25, 0.3) is 0 Å². The number of fused-ring (bicyclic) bond motifs is 1. The summed E-state index contributed by atoms with van der Waals surface area (Å²) in [5, 5.41) is 0. The van der Waals surface area contributed by atoms with Crippen molar-refractivity contribution >= 4 is 0 Å². The van der Waals surface area contributed by atoms with Gasteiger partial charge in [-0.1, -0.05) is 6.42 Å². The van der Waals surface area contributed by atoms with Crippen LogP contribution in [0, 0.1) is 11.8 Å². The Kier molecular flexibility index (Phi) is 2.26. The minimum absolute atomic E-state index is 0.558. The van der Waals surface area contributed by atoms with Crippen LogP contribution in [-0.4, -0.2) is 30.7 Å². The van der Waals surface area contributed by atoms with Gasteiger partial charge in [0, 0.05) is 13.1 Å². The van der Waals surface area contributed by atoms with Crippen molar-refractivity contribution in [3.63, 3.8) is 0 Å². The van der Waals surface area contributed by atoms with Crippen LogP contribution in [0.2, 0.25) is 0 Å². The minimum Gasteiger partial charge on any atom is -0.294 e. The summed E-state index contributed by atoms with van der Waals surface area (Å²) in [4.78, 5) is 1.56. The topological polar surface area (TPSA) is 3.24 Å². The first-order valence-corrected chi connectivity index (χ1v) is 4.84. The first-order valence-electron chi connectivity index (χ1n) is 4.84. The monoisotopic (exact) mass is 193 g/mol. The lowest BCUT2D eigenvalue weighted by atomic mass is 10.0. The van der Waals surface area contributed by atoms with Crippen molar-refractivity contribution in [3.05, 3.63) is 0 Å². The summed E-state index contributed by atoms with van der Waals surface area (Å²) >= 11 is 0. The SMILES string of the molecule is FC(F)(F)CN1CC2CCC[C@@H]2C1. The zero-order valence-electron chi connectivity index (χ0n) is 7.48. The Morgan fingerprint density at radius 3 is 2.08 bits per heavy atom. The van der Waals surface area contributed by atoms with Crippen molar-refractivity contribution in [1.82, 2.24) is 4.90 Å². The molecule has 76 valence electrons. The van der Waals surface area contributed by atoms with E-state index in [2.05, 4.69) is 0 Å². The lowest BCUT2D eigenvalue weighted by molar-refractivity contribution is -0.144. The smallest absolute Gasteiger partial charge is 0.294 e. The molecule has 0 bridgehead atoms. The van der Waals surface area contributed by atoms with Crippen molar-refractivity contribution < 1.29 is 13.2 Å². The molecule has 1 saturated carbocycles. The van der Waals surface area contributed by atoms with Gasteiger partial charge in [-0.05, 0) is 24.7 Å². The highest BCUT2D eigenvalue weighted by Gasteiger charge is 2.40. The maximum atomic E-state index is 12.0. The second-order valence-corrected chi connectivity index (χ2v) is 4.26. The molecule has 0 aromatic carbocycles. The summed E-state index contributed by atoms with van der Waals surface area (Å²) in [5.41, 5.74) is 0. The van der Waals surface area contributed by atoms with Gasteiger partial charge in [-0.25, -0.2) is 0 Å². The van der Waals surface area contributed by atoms with E-state index < -0.39 is 12.7 Å². The molecular weight excluding hydrogens is 179 g/mol. The van der Waals surface area contributed by atoms with Crippen LogP contribution >= 0.6 is 0 Å². The van der Waals surface area contributed by atoms with Crippen molar-refractivity contribution in [2.45, 2.75) is 25.4 Å². The van der Waals surface area contributed by atoms with Crippen molar-refractivity contribution in [3.8, 4) is 0 Å². The number of likely N-dealkylation sites (tertiary alicyclic amines) is 1. The van der Waals surface area contributed by atoms with Gasteiger partial charge in [0.25, 0.3) is 0 Å². The van der Waals surface area contributed by atoms with Gasteiger partial charge in [0.05, 0.1) is 6.54 Å². The maximum absolute atomic E-state index is 12.0. The molecular formula is C9H14F3N. The molecule has 1 unspecified atom stereocenters. The standard InChI is InChI=1S/C9H14F3N/c10-9(11,12)6-13-4-7-2-1-3-8(7)5-13/h7-8H,1-6H2/t7-,8?/m1/s1. The third kappa shape index (κ3) is 2.16. The Morgan fingerprint density at radius 2 is 1.62 bits per heavy atom. The van der Waals surface area contributed by atoms with Gasteiger partial charge in [-0.15, -0.1) is 0 Å². The molecule has 0 aromatic rings. The molecule has 0 spiro atoms. The third-order valence-electron chi connectivity index (χ3n) is 3.20. The predicted octanol–water partition coefficient (Wildman–Crippen LogP) is 2.28. The highest BCUT2D eigenvalue weighted by Crippen LogP contribution is 2.38. The van der Waals surface area contributed by atoms with Crippen LogP contribution in [0.3, 0.4) is 0 Å². The normalized spacial score (nSPS) is 35.3. The van der Waals surface area contributed by atoms with E-state index in [0.717, 1.165) is 12.8 Å². The predicted molar refractivity (Wildman–Crippen MR) is 43.3 cm³/mol. The van der Waals surface area contributed by atoms with Gasteiger partial charge >= 0.3 is 6.18 Å². The lowest BCUT2D eigenvalue weighted by Gasteiger charge is -2.18. The first kappa shape index (κ1) is 9.31. The van der Waals surface area contributed by atoms with Gasteiger partial charge < -0.3 is 0 Å². The molecule has 1 heterocycles. The maximum Gasteiger partial charge on any atom is 0.401 e. The molecule has 0 N–H and O–H groups in total. The fourth-order valence-electron chi connectivity index (χ4n) is 2.71. The van der Waals surface area contributed by atoms with Crippen LogP contribution in [0.1, 0.15) is 19.3 Å². The van der Waals surface area contributed by atoms with Crippen LogP contribution < -0.4 is 0 Å². The van der Waals surface area contributed by atoms with E-state index in [1.807, 2.05) is 0 Å². The molecule has 13 heavy (non-hydrogen) atoms. The van der Waals surface area contributed by atoms with Gasteiger partial charge in [0.15, 0.2) is 0 Å². The fourth-order valence-corrected chi connectivity index (χ4v) is 2.71. The highest BCUT2D eigenvalue weighted by atomic mass is 19.4. The van der Waals surface area contributed by atoms with Gasteiger partial charge in [-0.2, -0.15) is 13.2 Å². The van der Waals surface area contributed by atoms with E-state index in [0.29, 0.717) is 24.9 Å². The Bertz CT molecular complexity index is 178. The molecule has 0 amide bonds. The molecule has 4 heteroatoms. The van der Waals surface area contributed by atoms with Crippen LogP contribution in [0.5, 0.6) is 0 Å². The average Bonchev–Trinajstić information content (AvgIpc) is 2.40. The largest absolute Gasteiger partial charge is 0.401 e. The molecule has 2 atom stereocenters. The van der Waals surface area contributed by atoms with E-state index in [4.69, 9.17) is 0 Å². The minimum atomic E-state index is -4.02. The third-order valence-corrected chi connectivity index (χ3v) is 3.20. The first-order chi connectivity index (χ1) is 6.04. The molecule has 2 fully saturated rings. The quantitative estimate of drug-likeness (QED) is 0.617. The molecule has 0 aromatic heterocycles. The highest BCUT2D eigenvalue weighted by molar-refractivity contribution is 4.88. The summed E-state index contributed by atoms with van der Waals surface area (Å²) in [6.07, 6.45) is -0.522. The molecule has 2 aliphatic rings. The molecule has 1 aliphatic carbocycles. The Morgan fingerprint density at radius 1 is 1.08 bits per heavy atom.